The van der Waals surface area contributed by atoms with Gasteiger partial charge in [-0.2, -0.15) is 0 Å². The summed E-state index contributed by atoms with van der Waals surface area (Å²) in [5.41, 5.74) is 6.69. The van der Waals surface area contributed by atoms with Crippen molar-refractivity contribution in [3.05, 3.63) is 33.9 Å². The van der Waals surface area contributed by atoms with Crippen LogP contribution in [0.15, 0.2) is 18.2 Å². The van der Waals surface area contributed by atoms with Crippen LogP contribution in [0.4, 0.5) is 11.4 Å². The van der Waals surface area contributed by atoms with Crippen LogP contribution < -0.4 is 11.1 Å². The lowest BCUT2D eigenvalue weighted by Gasteiger charge is -2.07. The summed E-state index contributed by atoms with van der Waals surface area (Å²) < 4.78 is 4.86. The molecule has 0 saturated heterocycles. The van der Waals surface area contributed by atoms with Gasteiger partial charge in [0.05, 0.1) is 11.5 Å². The van der Waals surface area contributed by atoms with Crippen LogP contribution in [-0.2, 0) is 11.3 Å². The summed E-state index contributed by atoms with van der Waals surface area (Å²) in [4.78, 5) is 10.4. The molecule has 16 heavy (non-hydrogen) atoms. The van der Waals surface area contributed by atoms with Gasteiger partial charge in [0.25, 0.3) is 5.69 Å². The van der Waals surface area contributed by atoms with E-state index in [-0.39, 0.29) is 5.69 Å². The van der Waals surface area contributed by atoms with Gasteiger partial charge in [-0.15, -0.1) is 0 Å². The normalized spacial score (nSPS) is 10.1. The minimum Gasteiger partial charge on any atom is -0.383 e. The van der Waals surface area contributed by atoms with Gasteiger partial charge in [0.1, 0.15) is 5.69 Å². The Morgan fingerprint density at radius 3 is 2.88 bits per heavy atom. The molecule has 88 valence electrons. The Bertz CT molecular complexity index is 368. The third-order valence-electron chi connectivity index (χ3n) is 2.12. The minimum absolute atomic E-state index is 0.0408. The molecule has 6 heteroatoms. The number of nitrogens with one attached hydrogen (secondary N) is 1. The lowest BCUT2D eigenvalue weighted by atomic mass is 10.1. The van der Waals surface area contributed by atoms with Crippen molar-refractivity contribution in [2.45, 2.75) is 6.54 Å². The number of nitrogens with zero attached hydrogens (tertiary/aromatic N) is 1. The van der Waals surface area contributed by atoms with Crippen molar-refractivity contribution >= 4 is 11.4 Å². The molecule has 1 aromatic carbocycles. The summed E-state index contributed by atoms with van der Waals surface area (Å²) >= 11 is 0. The van der Waals surface area contributed by atoms with Crippen LogP contribution >= 0.6 is 0 Å². The molecule has 6 nitrogen and oxygen atoms in total. The maximum atomic E-state index is 10.8. The summed E-state index contributed by atoms with van der Waals surface area (Å²) in [6, 6.07) is 4.91. The molecule has 0 aliphatic heterocycles. The largest absolute Gasteiger partial charge is 0.383 e. The Kier molecular flexibility index (Phi) is 4.68. The van der Waals surface area contributed by atoms with Crippen LogP contribution in [0.1, 0.15) is 5.56 Å². The smallest absolute Gasteiger partial charge is 0.292 e. The summed E-state index contributed by atoms with van der Waals surface area (Å²) in [5, 5.41) is 13.8. The second kappa shape index (κ2) is 6.04. The number of ether oxygens (including phenoxy) is 1. The predicted molar refractivity (Wildman–Crippen MR) is 61.4 cm³/mol. The van der Waals surface area contributed by atoms with E-state index in [1.54, 1.807) is 19.2 Å². The summed E-state index contributed by atoms with van der Waals surface area (Å²) in [6.45, 7) is 1.31. The van der Waals surface area contributed by atoms with Crippen molar-refractivity contribution in [1.82, 2.24) is 0 Å². The van der Waals surface area contributed by atoms with Crippen molar-refractivity contribution in [3.8, 4) is 0 Å². The fraction of sp³-hybridized carbons (Fsp3) is 0.400. The van der Waals surface area contributed by atoms with Crippen LogP contribution in [0.2, 0.25) is 0 Å². The van der Waals surface area contributed by atoms with E-state index in [0.29, 0.717) is 25.4 Å². The second-order valence-electron chi connectivity index (χ2n) is 3.23. The molecule has 0 saturated carbocycles. The van der Waals surface area contributed by atoms with Crippen LogP contribution in [-0.4, -0.2) is 25.2 Å². The molecule has 3 N–H and O–H groups in total. The average molecular weight is 225 g/mol. The number of nitro benzene ring substituents is 1. The lowest BCUT2D eigenvalue weighted by Crippen LogP contribution is -2.09. The van der Waals surface area contributed by atoms with Gasteiger partial charge in [0.2, 0.25) is 0 Å². The number of nitrogens with two attached hydrogens (primary N) is 1. The number of nitro groups is 1. The standard InChI is InChI=1S/C10H15N3O3/c1-16-5-4-12-9-3-2-8(7-11)6-10(9)13(14)15/h2-3,6,12H,4-5,7,11H2,1H3. The van der Waals surface area contributed by atoms with Crippen LogP contribution in [0, 0.1) is 10.1 Å². The lowest BCUT2D eigenvalue weighted by molar-refractivity contribution is -0.384. The Morgan fingerprint density at radius 1 is 1.56 bits per heavy atom. The fourth-order valence-electron chi connectivity index (χ4n) is 1.29. The van der Waals surface area contributed by atoms with Crippen LogP contribution in [0.5, 0.6) is 0 Å². The first kappa shape index (κ1) is 12.4. The Morgan fingerprint density at radius 2 is 2.31 bits per heavy atom. The summed E-state index contributed by atoms with van der Waals surface area (Å²) in [5.74, 6) is 0. The molecule has 0 aliphatic rings. The van der Waals surface area contributed by atoms with Crippen molar-refractivity contribution in [2.24, 2.45) is 5.73 Å². The molecular formula is C10H15N3O3. The number of hydrogen-bond acceptors (Lipinski definition) is 5. The molecule has 0 fully saturated rings. The Hall–Kier alpha value is -1.66. The number of anilines is 1. The second-order valence-corrected chi connectivity index (χ2v) is 3.23. The van der Waals surface area contributed by atoms with E-state index in [4.69, 9.17) is 10.5 Å². The highest BCUT2D eigenvalue weighted by Gasteiger charge is 2.13. The van der Waals surface area contributed by atoms with E-state index in [1.165, 1.54) is 6.07 Å². The maximum Gasteiger partial charge on any atom is 0.292 e. The zero-order valence-electron chi connectivity index (χ0n) is 9.10. The first-order chi connectivity index (χ1) is 7.69. The predicted octanol–water partition coefficient (Wildman–Crippen LogP) is 1.11. The van der Waals surface area contributed by atoms with Crippen molar-refractivity contribution < 1.29 is 9.66 Å². The van der Waals surface area contributed by atoms with Crippen LogP contribution in [0.3, 0.4) is 0 Å². The molecule has 0 atom stereocenters. The fourth-order valence-corrected chi connectivity index (χ4v) is 1.29. The number of hydrogen-bond donors (Lipinski definition) is 2. The molecule has 0 radical (unpaired) electrons. The van der Waals surface area contributed by atoms with Gasteiger partial charge in [-0.3, -0.25) is 10.1 Å². The highest BCUT2D eigenvalue weighted by molar-refractivity contribution is 5.62. The Balaban J connectivity index is 2.85. The Labute approximate surface area is 93.5 Å². The summed E-state index contributed by atoms with van der Waals surface area (Å²) in [7, 11) is 1.58. The first-order valence-corrected chi connectivity index (χ1v) is 4.89. The van der Waals surface area contributed by atoms with E-state index in [2.05, 4.69) is 5.32 Å². The molecule has 0 bridgehead atoms. The molecule has 1 aromatic rings. The molecule has 0 aliphatic carbocycles. The van der Waals surface area contributed by atoms with Gasteiger partial charge >= 0.3 is 0 Å². The van der Waals surface area contributed by atoms with E-state index in [9.17, 15) is 10.1 Å². The zero-order chi connectivity index (χ0) is 12.0. The molecular weight excluding hydrogens is 210 g/mol. The van der Waals surface area contributed by atoms with Crippen molar-refractivity contribution in [3.63, 3.8) is 0 Å². The molecule has 0 spiro atoms. The highest BCUT2D eigenvalue weighted by Crippen LogP contribution is 2.25. The third kappa shape index (κ3) is 3.18. The minimum atomic E-state index is -0.422. The van der Waals surface area contributed by atoms with Gasteiger partial charge in [-0.05, 0) is 11.6 Å². The topological polar surface area (TPSA) is 90.4 Å². The number of benzene rings is 1. The van der Waals surface area contributed by atoms with E-state index in [1.807, 2.05) is 0 Å². The number of rotatable bonds is 6. The van der Waals surface area contributed by atoms with Gasteiger partial charge in [0.15, 0.2) is 0 Å². The van der Waals surface area contributed by atoms with E-state index in [0.717, 1.165) is 5.56 Å². The van der Waals surface area contributed by atoms with Gasteiger partial charge < -0.3 is 15.8 Å². The van der Waals surface area contributed by atoms with Gasteiger partial charge in [-0.1, -0.05) is 6.07 Å². The van der Waals surface area contributed by atoms with Crippen molar-refractivity contribution in [2.75, 3.05) is 25.6 Å². The first-order valence-electron chi connectivity index (χ1n) is 4.89. The van der Waals surface area contributed by atoms with Gasteiger partial charge in [0, 0.05) is 26.3 Å². The van der Waals surface area contributed by atoms with E-state index >= 15 is 0 Å². The molecule has 0 unspecified atom stereocenters. The maximum absolute atomic E-state index is 10.8. The van der Waals surface area contributed by atoms with E-state index < -0.39 is 4.92 Å². The highest BCUT2D eigenvalue weighted by atomic mass is 16.6. The quantitative estimate of drug-likeness (QED) is 0.430. The summed E-state index contributed by atoms with van der Waals surface area (Å²) in [6.07, 6.45) is 0. The number of methoxy groups -OCH3 is 1. The SMILES string of the molecule is COCCNc1ccc(CN)cc1[N+](=O)[O-]. The average Bonchev–Trinajstić information content (AvgIpc) is 2.29. The molecule has 0 heterocycles. The third-order valence-corrected chi connectivity index (χ3v) is 2.12. The molecule has 1 rings (SSSR count). The molecule has 0 aromatic heterocycles. The monoisotopic (exact) mass is 225 g/mol. The molecule has 0 amide bonds. The van der Waals surface area contributed by atoms with Crippen LogP contribution in [0.25, 0.3) is 0 Å². The van der Waals surface area contributed by atoms with Crippen molar-refractivity contribution in [1.29, 1.82) is 0 Å². The van der Waals surface area contributed by atoms with Gasteiger partial charge in [-0.25, -0.2) is 0 Å². The zero-order valence-corrected chi connectivity index (χ0v) is 9.10.